The summed E-state index contributed by atoms with van der Waals surface area (Å²) in [5, 5.41) is 0. The first-order valence-electron chi connectivity index (χ1n) is 10.6. The minimum atomic E-state index is -0.931. The van der Waals surface area contributed by atoms with Crippen LogP contribution in [-0.2, 0) is 9.59 Å². The molecule has 8 nitrogen and oxygen atoms in total. The van der Waals surface area contributed by atoms with E-state index in [2.05, 4.69) is 0 Å². The summed E-state index contributed by atoms with van der Waals surface area (Å²) in [6.07, 6.45) is 0. The molecule has 1 heterocycles. The number of rotatable bonds is 7. The summed E-state index contributed by atoms with van der Waals surface area (Å²) in [4.78, 5) is 30.5. The molecular formula is C26H26N2O6. The van der Waals surface area contributed by atoms with Crippen LogP contribution in [-0.4, -0.2) is 46.8 Å². The lowest BCUT2D eigenvalue weighted by molar-refractivity contribution is -0.128. The van der Waals surface area contributed by atoms with Crippen molar-refractivity contribution in [2.24, 2.45) is 0 Å². The molecule has 2 amide bonds. The number of benzene rings is 3. The second-order valence-electron chi connectivity index (χ2n) is 7.61. The maximum Gasteiger partial charge on any atom is 0.255 e. The van der Waals surface area contributed by atoms with Crippen molar-refractivity contribution in [2.45, 2.75) is 6.04 Å². The number of hydrogen-bond acceptors (Lipinski definition) is 6. The Morgan fingerprint density at radius 2 is 1.32 bits per heavy atom. The first kappa shape index (κ1) is 23.0. The molecular weight excluding hydrogens is 436 g/mol. The highest BCUT2D eigenvalue weighted by atomic mass is 16.5. The molecule has 1 atom stereocenters. The normalized spacial score (nSPS) is 15.8. The molecule has 0 spiro atoms. The van der Waals surface area contributed by atoms with Crippen LogP contribution in [0.3, 0.4) is 0 Å². The Morgan fingerprint density at radius 1 is 0.706 bits per heavy atom. The van der Waals surface area contributed by atoms with Crippen molar-refractivity contribution in [1.29, 1.82) is 0 Å². The Balaban J connectivity index is 1.85. The third-order valence-electron chi connectivity index (χ3n) is 5.74. The molecule has 4 rings (SSSR count). The van der Waals surface area contributed by atoms with Gasteiger partial charge in [0.15, 0.2) is 11.5 Å². The third kappa shape index (κ3) is 4.22. The highest BCUT2D eigenvalue weighted by Crippen LogP contribution is 2.39. The van der Waals surface area contributed by atoms with Gasteiger partial charge >= 0.3 is 0 Å². The number of carbonyl (C=O) groups is 2. The second-order valence-corrected chi connectivity index (χ2v) is 7.61. The minimum Gasteiger partial charge on any atom is -0.497 e. The van der Waals surface area contributed by atoms with E-state index in [4.69, 9.17) is 18.9 Å². The van der Waals surface area contributed by atoms with Crippen molar-refractivity contribution in [3.05, 3.63) is 72.3 Å². The van der Waals surface area contributed by atoms with Gasteiger partial charge < -0.3 is 23.8 Å². The second kappa shape index (κ2) is 9.74. The molecule has 8 heteroatoms. The smallest absolute Gasteiger partial charge is 0.255 e. The number of ether oxygens (including phenoxy) is 4. The largest absolute Gasteiger partial charge is 0.497 e. The fourth-order valence-electron chi connectivity index (χ4n) is 4.06. The summed E-state index contributed by atoms with van der Waals surface area (Å²) in [6, 6.07) is 18.4. The number of methoxy groups -OCH3 is 4. The highest BCUT2D eigenvalue weighted by Gasteiger charge is 2.42. The van der Waals surface area contributed by atoms with E-state index in [0.717, 1.165) is 0 Å². The third-order valence-corrected chi connectivity index (χ3v) is 5.74. The SMILES string of the molecule is COc1cccc(N2CC(=O)N(c3cccc(OC)c3)C(c3ccc(OC)c(OC)c3)C2=O)c1. The first-order chi connectivity index (χ1) is 16.5. The number of anilines is 2. The molecule has 0 radical (unpaired) electrons. The summed E-state index contributed by atoms with van der Waals surface area (Å²) >= 11 is 0. The molecule has 34 heavy (non-hydrogen) atoms. The van der Waals surface area contributed by atoms with E-state index < -0.39 is 6.04 Å². The van der Waals surface area contributed by atoms with Gasteiger partial charge in [-0.25, -0.2) is 0 Å². The lowest BCUT2D eigenvalue weighted by atomic mass is 9.98. The van der Waals surface area contributed by atoms with Gasteiger partial charge in [-0.3, -0.25) is 14.5 Å². The molecule has 3 aromatic rings. The molecule has 0 aliphatic carbocycles. The van der Waals surface area contributed by atoms with E-state index in [1.54, 1.807) is 88.1 Å². The number of amides is 2. The predicted molar refractivity (Wildman–Crippen MR) is 128 cm³/mol. The molecule has 176 valence electrons. The van der Waals surface area contributed by atoms with Crippen LogP contribution in [0.25, 0.3) is 0 Å². The molecule has 3 aromatic carbocycles. The van der Waals surface area contributed by atoms with Crippen LogP contribution >= 0.6 is 0 Å². The summed E-state index contributed by atoms with van der Waals surface area (Å²) < 4.78 is 21.5. The van der Waals surface area contributed by atoms with Crippen LogP contribution in [0.1, 0.15) is 11.6 Å². The van der Waals surface area contributed by atoms with Crippen LogP contribution in [0.5, 0.6) is 23.0 Å². The number of carbonyl (C=O) groups excluding carboxylic acids is 2. The molecule has 0 saturated carbocycles. The summed E-state index contributed by atoms with van der Waals surface area (Å²) in [6.45, 7) is -0.118. The monoisotopic (exact) mass is 462 g/mol. The van der Waals surface area contributed by atoms with E-state index in [-0.39, 0.29) is 18.4 Å². The van der Waals surface area contributed by atoms with E-state index in [9.17, 15) is 9.59 Å². The van der Waals surface area contributed by atoms with Crippen molar-refractivity contribution in [3.63, 3.8) is 0 Å². The van der Waals surface area contributed by atoms with Gasteiger partial charge in [-0.05, 0) is 42.0 Å². The Bertz CT molecular complexity index is 1210. The average molecular weight is 463 g/mol. The Hall–Kier alpha value is -4.20. The van der Waals surface area contributed by atoms with Crippen molar-refractivity contribution in [1.82, 2.24) is 0 Å². The molecule has 0 bridgehead atoms. The standard InChI is InChI=1S/C26H26N2O6/c1-31-20-9-5-7-18(14-20)27-16-24(29)28(19-8-6-10-21(15-19)32-2)25(26(27)30)17-11-12-22(33-3)23(13-17)34-4/h5-15,25H,16H2,1-4H3. The number of hydrogen-bond donors (Lipinski definition) is 0. The topological polar surface area (TPSA) is 77.5 Å². The van der Waals surface area contributed by atoms with Crippen LogP contribution in [0, 0.1) is 0 Å². The number of piperazine rings is 1. The van der Waals surface area contributed by atoms with Crippen LogP contribution in [0.15, 0.2) is 66.7 Å². The lowest BCUT2D eigenvalue weighted by Crippen LogP contribution is -2.56. The first-order valence-corrected chi connectivity index (χ1v) is 10.6. The van der Waals surface area contributed by atoms with Gasteiger partial charge in [-0.15, -0.1) is 0 Å². The lowest BCUT2D eigenvalue weighted by Gasteiger charge is -2.40. The Labute approximate surface area is 198 Å². The van der Waals surface area contributed by atoms with Crippen molar-refractivity contribution < 1.29 is 28.5 Å². The zero-order valence-corrected chi connectivity index (χ0v) is 19.5. The summed E-state index contributed by atoms with van der Waals surface area (Å²) in [5.41, 5.74) is 1.72. The van der Waals surface area contributed by atoms with Gasteiger partial charge in [0.25, 0.3) is 5.91 Å². The van der Waals surface area contributed by atoms with Gasteiger partial charge in [0.2, 0.25) is 5.91 Å². The zero-order chi connectivity index (χ0) is 24.2. The van der Waals surface area contributed by atoms with E-state index in [0.29, 0.717) is 39.9 Å². The van der Waals surface area contributed by atoms with Gasteiger partial charge in [0.05, 0.1) is 28.4 Å². The highest BCUT2D eigenvalue weighted by molar-refractivity contribution is 6.14. The molecule has 1 fully saturated rings. The van der Waals surface area contributed by atoms with Gasteiger partial charge in [0, 0.05) is 23.5 Å². The Morgan fingerprint density at radius 3 is 1.94 bits per heavy atom. The van der Waals surface area contributed by atoms with Gasteiger partial charge in [-0.2, -0.15) is 0 Å². The zero-order valence-electron chi connectivity index (χ0n) is 19.5. The molecule has 1 aliphatic heterocycles. The number of nitrogens with zero attached hydrogens (tertiary/aromatic N) is 2. The minimum absolute atomic E-state index is 0.118. The fraction of sp³-hybridized carbons (Fsp3) is 0.231. The molecule has 1 saturated heterocycles. The molecule has 0 aromatic heterocycles. The van der Waals surface area contributed by atoms with E-state index >= 15 is 0 Å². The van der Waals surface area contributed by atoms with Crippen LogP contribution < -0.4 is 28.7 Å². The van der Waals surface area contributed by atoms with Crippen LogP contribution in [0.4, 0.5) is 11.4 Å². The maximum atomic E-state index is 14.0. The molecule has 1 aliphatic rings. The van der Waals surface area contributed by atoms with Gasteiger partial charge in [-0.1, -0.05) is 18.2 Å². The molecule has 0 N–H and O–H groups in total. The fourth-order valence-corrected chi connectivity index (χ4v) is 4.06. The van der Waals surface area contributed by atoms with Crippen molar-refractivity contribution >= 4 is 23.2 Å². The van der Waals surface area contributed by atoms with Crippen LogP contribution in [0.2, 0.25) is 0 Å². The predicted octanol–water partition coefficient (Wildman–Crippen LogP) is 3.84. The Kier molecular flexibility index (Phi) is 6.58. The van der Waals surface area contributed by atoms with Gasteiger partial charge in [0.1, 0.15) is 24.1 Å². The average Bonchev–Trinajstić information content (AvgIpc) is 2.89. The molecule has 1 unspecified atom stereocenters. The quantitative estimate of drug-likeness (QED) is 0.531. The maximum absolute atomic E-state index is 14.0. The van der Waals surface area contributed by atoms with Crippen molar-refractivity contribution in [3.8, 4) is 23.0 Å². The van der Waals surface area contributed by atoms with E-state index in [1.165, 1.54) is 16.9 Å². The van der Waals surface area contributed by atoms with Crippen molar-refractivity contribution in [2.75, 3.05) is 44.8 Å². The van der Waals surface area contributed by atoms with E-state index in [1.807, 2.05) is 0 Å². The summed E-state index contributed by atoms with van der Waals surface area (Å²) in [7, 11) is 6.18. The summed E-state index contributed by atoms with van der Waals surface area (Å²) in [5.74, 6) is 1.66.